The summed E-state index contributed by atoms with van der Waals surface area (Å²) < 4.78 is 0. The highest BCUT2D eigenvalue weighted by atomic mass is 16.4. The topological polar surface area (TPSA) is 60.9 Å². The molecule has 5 heteroatoms. The molecule has 0 aromatic carbocycles. The van der Waals surface area contributed by atoms with E-state index < -0.39 is 11.4 Å². The lowest BCUT2D eigenvalue weighted by Gasteiger charge is -2.48. The van der Waals surface area contributed by atoms with Crippen LogP contribution in [0.2, 0.25) is 0 Å². The average Bonchev–Trinajstić information content (AvgIpc) is 2.36. The van der Waals surface area contributed by atoms with Crippen molar-refractivity contribution in [3.05, 3.63) is 0 Å². The number of rotatable bonds is 2. The molecule has 0 bridgehead atoms. The van der Waals surface area contributed by atoms with Gasteiger partial charge in [0.1, 0.15) is 5.41 Å². The molecule has 2 atom stereocenters. The Bertz CT molecular complexity index is 419. The highest BCUT2D eigenvalue weighted by Gasteiger charge is 2.53. The molecule has 2 unspecified atom stereocenters. The SMILES string of the molecule is CN1CCCC2CN(C(=O)C3(C(=O)O)CCC3)CCC21. The molecule has 1 aliphatic carbocycles. The Morgan fingerprint density at radius 2 is 1.90 bits per heavy atom. The van der Waals surface area contributed by atoms with E-state index in [-0.39, 0.29) is 5.91 Å². The standard InChI is InChI=1S/C15H24N2O3/c1-16-8-2-4-11-10-17(9-5-12(11)16)13(18)15(14(19)20)6-3-7-15/h11-12H,2-10H2,1H3,(H,19,20). The minimum Gasteiger partial charge on any atom is -0.480 e. The summed E-state index contributed by atoms with van der Waals surface area (Å²) in [6, 6.07) is 0.579. The fraction of sp³-hybridized carbons (Fsp3) is 0.867. The second kappa shape index (κ2) is 5.02. The lowest BCUT2D eigenvalue weighted by atomic mass is 9.67. The van der Waals surface area contributed by atoms with Gasteiger partial charge in [-0.05, 0) is 51.6 Å². The van der Waals surface area contributed by atoms with Crippen LogP contribution in [0.4, 0.5) is 0 Å². The summed E-state index contributed by atoms with van der Waals surface area (Å²) in [6.07, 6.45) is 5.24. The van der Waals surface area contributed by atoms with Crippen molar-refractivity contribution >= 4 is 11.9 Å². The zero-order chi connectivity index (χ0) is 14.3. The number of hydrogen-bond acceptors (Lipinski definition) is 3. The fourth-order valence-electron chi connectivity index (χ4n) is 4.19. The van der Waals surface area contributed by atoms with Gasteiger partial charge in [0, 0.05) is 19.1 Å². The zero-order valence-electron chi connectivity index (χ0n) is 12.2. The van der Waals surface area contributed by atoms with E-state index >= 15 is 0 Å². The van der Waals surface area contributed by atoms with Crippen LogP contribution in [-0.2, 0) is 9.59 Å². The van der Waals surface area contributed by atoms with Crippen molar-refractivity contribution in [1.29, 1.82) is 0 Å². The van der Waals surface area contributed by atoms with E-state index in [9.17, 15) is 14.7 Å². The van der Waals surface area contributed by atoms with Gasteiger partial charge in [0.25, 0.3) is 0 Å². The van der Waals surface area contributed by atoms with Crippen LogP contribution in [0.15, 0.2) is 0 Å². The largest absolute Gasteiger partial charge is 0.480 e. The predicted octanol–water partition coefficient (Wildman–Crippen LogP) is 1.18. The minimum absolute atomic E-state index is 0.122. The number of hydrogen-bond donors (Lipinski definition) is 1. The van der Waals surface area contributed by atoms with Crippen LogP contribution >= 0.6 is 0 Å². The summed E-state index contributed by atoms with van der Waals surface area (Å²) in [7, 11) is 2.17. The molecule has 1 amide bonds. The van der Waals surface area contributed by atoms with Gasteiger partial charge < -0.3 is 14.9 Å². The Morgan fingerprint density at radius 3 is 2.50 bits per heavy atom. The molecular formula is C15H24N2O3. The Kier molecular flexibility index (Phi) is 3.48. The second-order valence-corrected chi connectivity index (χ2v) is 6.73. The number of piperidine rings is 2. The van der Waals surface area contributed by atoms with Gasteiger partial charge in [0.2, 0.25) is 5.91 Å². The Hall–Kier alpha value is -1.10. The van der Waals surface area contributed by atoms with Crippen LogP contribution < -0.4 is 0 Å². The van der Waals surface area contributed by atoms with Gasteiger partial charge in [0.15, 0.2) is 0 Å². The van der Waals surface area contributed by atoms with Crippen molar-refractivity contribution in [2.24, 2.45) is 11.3 Å². The lowest BCUT2D eigenvalue weighted by molar-refractivity contribution is -0.169. The molecule has 1 saturated carbocycles. The van der Waals surface area contributed by atoms with E-state index in [0.29, 0.717) is 24.8 Å². The number of likely N-dealkylation sites (tertiary alicyclic amines) is 2. The molecule has 2 heterocycles. The van der Waals surface area contributed by atoms with Gasteiger partial charge in [0.05, 0.1) is 0 Å². The van der Waals surface area contributed by atoms with E-state index in [1.807, 2.05) is 4.90 Å². The highest BCUT2D eigenvalue weighted by Crippen LogP contribution is 2.44. The third-order valence-electron chi connectivity index (χ3n) is 5.66. The fourth-order valence-corrected chi connectivity index (χ4v) is 4.19. The molecule has 0 aromatic heterocycles. The van der Waals surface area contributed by atoms with Crippen LogP contribution in [0.3, 0.4) is 0 Å². The molecule has 3 aliphatic rings. The lowest BCUT2D eigenvalue weighted by Crippen LogP contribution is -2.59. The predicted molar refractivity (Wildman–Crippen MR) is 74.3 cm³/mol. The van der Waals surface area contributed by atoms with Gasteiger partial charge in [-0.3, -0.25) is 9.59 Å². The second-order valence-electron chi connectivity index (χ2n) is 6.73. The first kappa shape index (κ1) is 13.9. The number of carbonyl (C=O) groups excluding carboxylic acids is 1. The summed E-state index contributed by atoms with van der Waals surface area (Å²) in [5.41, 5.74) is -1.09. The van der Waals surface area contributed by atoms with E-state index in [1.54, 1.807) is 0 Å². The molecule has 2 aliphatic heterocycles. The molecule has 3 rings (SSSR count). The molecule has 5 nitrogen and oxygen atoms in total. The summed E-state index contributed by atoms with van der Waals surface area (Å²) in [5, 5.41) is 9.40. The number of carboxylic acid groups (broad SMARTS) is 1. The van der Waals surface area contributed by atoms with E-state index in [1.165, 1.54) is 12.8 Å². The van der Waals surface area contributed by atoms with Gasteiger partial charge in [-0.1, -0.05) is 6.42 Å². The highest BCUT2D eigenvalue weighted by molar-refractivity contribution is 6.02. The van der Waals surface area contributed by atoms with Crippen molar-refractivity contribution in [2.75, 3.05) is 26.7 Å². The van der Waals surface area contributed by atoms with Crippen molar-refractivity contribution in [1.82, 2.24) is 9.80 Å². The molecule has 0 radical (unpaired) electrons. The Balaban J connectivity index is 1.70. The first-order valence-electron chi connectivity index (χ1n) is 7.77. The molecule has 3 fully saturated rings. The number of nitrogens with zero attached hydrogens (tertiary/aromatic N) is 2. The maximum absolute atomic E-state index is 12.6. The molecule has 20 heavy (non-hydrogen) atoms. The number of fused-ring (bicyclic) bond motifs is 1. The van der Waals surface area contributed by atoms with Crippen molar-refractivity contribution < 1.29 is 14.7 Å². The van der Waals surface area contributed by atoms with Crippen LogP contribution in [0, 0.1) is 11.3 Å². The van der Waals surface area contributed by atoms with E-state index in [2.05, 4.69) is 11.9 Å². The maximum atomic E-state index is 12.6. The van der Waals surface area contributed by atoms with Crippen LogP contribution in [0.1, 0.15) is 38.5 Å². The summed E-state index contributed by atoms with van der Waals surface area (Å²) in [5.74, 6) is -0.517. The van der Waals surface area contributed by atoms with Gasteiger partial charge >= 0.3 is 5.97 Å². The number of carboxylic acids is 1. The smallest absolute Gasteiger partial charge is 0.319 e. The molecule has 2 saturated heterocycles. The van der Waals surface area contributed by atoms with Gasteiger partial charge in [-0.25, -0.2) is 0 Å². The van der Waals surface area contributed by atoms with Gasteiger partial charge in [-0.15, -0.1) is 0 Å². The van der Waals surface area contributed by atoms with E-state index in [0.717, 1.165) is 32.5 Å². The van der Waals surface area contributed by atoms with Crippen molar-refractivity contribution in [3.8, 4) is 0 Å². The first-order valence-corrected chi connectivity index (χ1v) is 7.77. The first-order chi connectivity index (χ1) is 9.54. The molecule has 0 spiro atoms. The number of aliphatic carboxylic acids is 1. The third-order valence-corrected chi connectivity index (χ3v) is 5.66. The quantitative estimate of drug-likeness (QED) is 0.772. The third kappa shape index (κ3) is 2.03. The maximum Gasteiger partial charge on any atom is 0.319 e. The number of carbonyl (C=O) groups is 2. The average molecular weight is 280 g/mol. The van der Waals surface area contributed by atoms with E-state index in [4.69, 9.17) is 0 Å². The van der Waals surface area contributed by atoms with Crippen molar-refractivity contribution in [2.45, 2.75) is 44.6 Å². The van der Waals surface area contributed by atoms with Crippen molar-refractivity contribution in [3.63, 3.8) is 0 Å². The van der Waals surface area contributed by atoms with Gasteiger partial charge in [-0.2, -0.15) is 0 Å². The van der Waals surface area contributed by atoms with Crippen LogP contribution in [-0.4, -0.2) is 59.5 Å². The summed E-state index contributed by atoms with van der Waals surface area (Å²) in [6.45, 7) is 2.62. The van der Waals surface area contributed by atoms with Crippen LogP contribution in [0.25, 0.3) is 0 Å². The monoisotopic (exact) mass is 280 g/mol. The minimum atomic E-state index is -1.09. The molecular weight excluding hydrogens is 256 g/mol. The van der Waals surface area contributed by atoms with Crippen LogP contribution in [0.5, 0.6) is 0 Å². The molecule has 1 N–H and O–H groups in total. The summed E-state index contributed by atoms with van der Waals surface area (Å²) in [4.78, 5) is 28.3. The molecule has 0 aromatic rings. The zero-order valence-corrected chi connectivity index (χ0v) is 12.2. The summed E-state index contributed by atoms with van der Waals surface area (Å²) >= 11 is 0. The Labute approximate surface area is 119 Å². The molecule has 112 valence electrons. The normalized spacial score (nSPS) is 33.1. The Morgan fingerprint density at radius 1 is 1.15 bits per heavy atom. The number of amides is 1.